The molecule has 0 fully saturated rings. The maximum absolute atomic E-state index is 13.9. The van der Waals surface area contributed by atoms with E-state index in [1.54, 1.807) is 26.2 Å². The predicted octanol–water partition coefficient (Wildman–Crippen LogP) is 3.83. The molecule has 0 saturated carbocycles. The van der Waals surface area contributed by atoms with Crippen molar-refractivity contribution in [2.24, 2.45) is 5.73 Å². The third-order valence-corrected chi connectivity index (χ3v) is 3.23. The van der Waals surface area contributed by atoms with Crippen LogP contribution < -0.4 is 10.5 Å². The molecule has 0 radical (unpaired) electrons. The minimum atomic E-state index is -0.409. The van der Waals surface area contributed by atoms with Gasteiger partial charge < -0.3 is 15.2 Å². The summed E-state index contributed by atoms with van der Waals surface area (Å²) in [6.07, 6.45) is 0.835. The Labute approximate surface area is 124 Å². The van der Waals surface area contributed by atoms with Crippen LogP contribution in [0.2, 0.25) is 0 Å². The first-order valence-corrected chi connectivity index (χ1v) is 6.91. The van der Waals surface area contributed by atoms with Gasteiger partial charge in [0.15, 0.2) is 11.6 Å². The molecule has 0 bridgehead atoms. The molecule has 2 aromatic carbocycles. The van der Waals surface area contributed by atoms with E-state index < -0.39 is 5.82 Å². The molecule has 0 aliphatic rings. The average Bonchev–Trinajstić information content (AvgIpc) is 2.48. The van der Waals surface area contributed by atoms with Crippen LogP contribution in [0.25, 0.3) is 0 Å². The second-order valence-electron chi connectivity index (χ2n) is 4.94. The minimum absolute atomic E-state index is 0.192. The van der Waals surface area contributed by atoms with Crippen LogP contribution in [0.15, 0.2) is 42.5 Å². The number of ether oxygens (including phenoxy) is 2. The van der Waals surface area contributed by atoms with E-state index in [0.717, 1.165) is 12.0 Å². The maximum Gasteiger partial charge on any atom is 0.167 e. The van der Waals surface area contributed by atoms with Gasteiger partial charge in [-0.25, -0.2) is 4.39 Å². The Bertz CT molecular complexity index is 582. The molecule has 0 amide bonds. The fourth-order valence-corrected chi connectivity index (χ4v) is 2.05. The first kappa shape index (κ1) is 15.5. The van der Waals surface area contributed by atoms with Crippen LogP contribution in [0.1, 0.15) is 24.1 Å². The maximum atomic E-state index is 13.9. The van der Waals surface area contributed by atoms with Gasteiger partial charge in [0, 0.05) is 18.7 Å². The number of para-hydroxylation sites is 1. The van der Waals surface area contributed by atoms with Gasteiger partial charge in [0.05, 0.1) is 6.61 Å². The zero-order chi connectivity index (χ0) is 15.2. The molecule has 0 heterocycles. The van der Waals surface area contributed by atoms with Gasteiger partial charge in [-0.2, -0.15) is 0 Å². The fraction of sp³-hybridized carbons (Fsp3) is 0.294. The highest BCUT2D eigenvalue weighted by atomic mass is 19.1. The second kappa shape index (κ2) is 7.20. The lowest BCUT2D eigenvalue weighted by Gasteiger charge is -2.14. The summed E-state index contributed by atoms with van der Waals surface area (Å²) in [6.45, 7) is 2.47. The van der Waals surface area contributed by atoms with E-state index in [-0.39, 0.29) is 11.8 Å². The molecular formula is C17H20FNO2. The summed E-state index contributed by atoms with van der Waals surface area (Å²) in [5.41, 5.74) is 7.65. The van der Waals surface area contributed by atoms with Crippen LogP contribution in [0.3, 0.4) is 0 Å². The molecule has 0 spiro atoms. The lowest BCUT2D eigenvalue weighted by atomic mass is 10.1. The van der Waals surface area contributed by atoms with E-state index in [1.165, 1.54) is 6.07 Å². The van der Waals surface area contributed by atoms with Gasteiger partial charge in [0.1, 0.15) is 5.75 Å². The van der Waals surface area contributed by atoms with E-state index in [0.29, 0.717) is 17.9 Å². The standard InChI is InChI=1S/C17H20FNO2/c1-12(19)15-4-3-5-16(18)17(15)21-14-8-6-13(7-9-14)10-11-20-2/h3-9,12H,10-11,19H2,1-2H3/t12-/m1/s1. The average molecular weight is 289 g/mol. The highest BCUT2D eigenvalue weighted by molar-refractivity contribution is 5.41. The number of methoxy groups -OCH3 is 1. The minimum Gasteiger partial charge on any atom is -0.454 e. The molecule has 2 N–H and O–H groups in total. The number of halogens is 1. The summed E-state index contributed by atoms with van der Waals surface area (Å²) >= 11 is 0. The first-order valence-electron chi connectivity index (χ1n) is 6.91. The lowest BCUT2D eigenvalue weighted by molar-refractivity contribution is 0.202. The molecule has 0 aliphatic heterocycles. The van der Waals surface area contributed by atoms with Crippen molar-refractivity contribution >= 4 is 0 Å². The van der Waals surface area contributed by atoms with Crippen molar-refractivity contribution < 1.29 is 13.9 Å². The topological polar surface area (TPSA) is 44.5 Å². The molecule has 0 saturated heterocycles. The number of hydrogen-bond acceptors (Lipinski definition) is 3. The van der Waals surface area contributed by atoms with Gasteiger partial charge in [-0.1, -0.05) is 24.3 Å². The Hall–Kier alpha value is -1.91. The summed E-state index contributed by atoms with van der Waals surface area (Å²) in [5, 5.41) is 0. The third kappa shape index (κ3) is 4.03. The second-order valence-corrected chi connectivity index (χ2v) is 4.94. The van der Waals surface area contributed by atoms with Gasteiger partial charge in [-0.3, -0.25) is 0 Å². The van der Waals surface area contributed by atoms with Crippen LogP contribution in [-0.4, -0.2) is 13.7 Å². The van der Waals surface area contributed by atoms with Crippen molar-refractivity contribution in [2.45, 2.75) is 19.4 Å². The zero-order valence-corrected chi connectivity index (χ0v) is 12.3. The van der Waals surface area contributed by atoms with E-state index in [4.69, 9.17) is 15.2 Å². The molecular weight excluding hydrogens is 269 g/mol. The van der Waals surface area contributed by atoms with Crippen LogP contribution in [0, 0.1) is 5.82 Å². The van der Waals surface area contributed by atoms with Gasteiger partial charge in [0.2, 0.25) is 0 Å². The Kier molecular flexibility index (Phi) is 5.31. The van der Waals surface area contributed by atoms with E-state index >= 15 is 0 Å². The fourth-order valence-electron chi connectivity index (χ4n) is 2.05. The summed E-state index contributed by atoms with van der Waals surface area (Å²) in [5.74, 6) is 0.369. The molecule has 3 nitrogen and oxygen atoms in total. The summed E-state index contributed by atoms with van der Waals surface area (Å²) in [4.78, 5) is 0. The zero-order valence-electron chi connectivity index (χ0n) is 12.3. The molecule has 0 aromatic heterocycles. The Morgan fingerprint density at radius 2 is 1.86 bits per heavy atom. The number of nitrogens with two attached hydrogens (primary N) is 1. The summed E-state index contributed by atoms with van der Waals surface area (Å²) < 4.78 is 24.7. The smallest absolute Gasteiger partial charge is 0.167 e. The highest BCUT2D eigenvalue weighted by Gasteiger charge is 2.13. The third-order valence-electron chi connectivity index (χ3n) is 3.23. The van der Waals surface area contributed by atoms with Crippen molar-refractivity contribution in [3.63, 3.8) is 0 Å². The number of benzene rings is 2. The van der Waals surface area contributed by atoms with E-state index in [9.17, 15) is 4.39 Å². The van der Waals surface area contributed by atoms with E-state index in [1.807, 2.05) is 24.3 Å². The van der Waals surface area contributed by atoms with Crippen molar-refractivity contribution in [1.29, 1.82) is 0 Å². The van der Waals surface area contributed by atoms with Crippen LogP contribution in [0.5, 0.6) is 11.5 Å². The Morgan fingerprint density at radius 3 is 2.48 bits per heavy atom. The molecule has 2 aromatic rings. The molecule has 112 valence electrons. The lowest BCUT2D eigenvalue weighted by Crippen LogP contribution is -2.07. The molecule has 0 unspecified atom stereocenters. The molecule has 4 heteroatoms. The summed E-state index contributed by atoms with van der Waals surface area (Å²) in [7, 11) is 1.67. The van der Waals surface area contributed by atoms with Gasteiger partial charge in [-0.15, -0.1) is 0 Å². The van der Waals surface area contributed by atoms with Crippen LogP contribution in [0.4, 0.5) is 4.39 Å². The predicted molar refractivity (Wildman–Crippen MR) is 81.1 cm³/mol. The van der Waals surface area contributed by atoms with Gasteiger partial charge >= 0.3 is 0 Å². The number of rotatable bonds is 6. The van der Waals surface area contributed by atoms with Crippen LogP contribution >= 0.6 is 0 Å². The number of hydrogen-bond donors (Lipinski definition) is 1. The monoisotopic (exact) mass is 289 g/mol. The molecule has 0 aliphatic carbocycles. The molecule has 21 heavy (non-hydrogen) atoms. The van der Waals surface area contributed by atoms with E-state index in [2.05, 4.69) is 0 Å². The van der Waals surface area contributed by atoms with Crippen molar-refractivity contribution in [2.75, 3.05) is 13.7 Å². The molecule has 1 atom stereocenters. The van der Waals surface area contributed by atoms with Gasteiger partial charge in [-0.05, 0) is 37.1 Å². The molecule has 2 rings (SSSR count). The Morgan fingerprint density at radius 1 is 1.14 bits per heavy atom. The van der Waals surface area contributed by atoms with Gasteiger partial charge in [0.25, 0.3) is 0 Å². The highest BCUT2D eigenvalue weighted by Crippen LogP contribution is 2.31. The van der Waals surface area contributed by atoms with Crippen molar-refractivity contribution in [3.8, 4) is 11.5 Å². The van der Waals surface area contributed by atoms with Crippen molar-refractivity contribution in [1.82, 2.24) is 0 Å². The largest absolute Gasteiger partial charge is 0.454 e. The SMILES string of the molecule is COCCc1ccc(Oc2c(F)cccc2[C@@H](C)N)cc1. The quantitative estimate of drug-likeness (QED) is 0.879. The van der Waals surface area contributed by atoms with Crippen LogP contribution in [-0.2, 0) is 11.2 Å². The first-order chi connectivity index (χ1) is 10.1. The van der Waals surface area contributed by atoms with Crippen molar-refractivity contribution in [3.05, 3.63) is 59.4 Å². The Balaban J connectivity index is 2.18. The normalized spacial score (nSPS) is 12.2. The summed E-state index contributed by atoms with van der Waals surface area (Å²) in [6, 6.07) is 12.0.